The van der Waals surface area contributed by atoms with Crippen LogP contribution in [-0.4, -0.2) is 5.97 Å². The lowest BCUT2D eigenvalue weighted by Gasteiger charge is -2.31. The van der Waals surface area contributed by atoms with Crippen molar-refractivity contribution in [2.45, 2.75) is 104 Å². The molecule has 1 aliphatic rings. The van der Waals surface area contributed by atoms with Crippen molar-refractivity contribution in [2.75, 3.05) is 0 Å². The summed E-state index contributed by atoms with van der Waals surface area (Å²) in [4.78, 5) is 11.8. The molecular weight excluding hydrogens is 404 g/mol. The van der Waals surface area contributed by atoms with Crippen LogP contribution in [0, 0.1) is 11.8 Å². The second-order valence-corrected chi connectivity index (χ2v) is 10.1. The molecule has 180 valence electrons. The quantitative estimate of drug-likeness (QED) is 0.239. The molecule has 0 aromatic heterocycles. The van der Waals surface area contributed by atoms with Crippen LogP contribution >= 0.6 is 0 Å². The van der Waals surface area contributed by atoms with Gasteiger partial charge in [-0.15, -0.1) is 0 Å². The van der Waals surface area contributed by atoms with E-state index in [0.29, 0.717) is 12.2 Å². The van der Waals surface area contributed by atoms with Crippen molar-refractivity contribution in [3.05, 3.63) is 54.1 Å². The molecule has 1 unspecified atom stereocenters. The number of hydrogen-bond acceptors (Lipinski definition) is 2. The van der Waals surface area contributed by atoms with Gasteiger partial charge in [-0.05, 0) is 85.1 Å². The number of carbonyl (C=O) groups excluding carboxylic acids is 1. The summed E-state index contributed by atoms with van der Waals surface area (Å²) in [6.45, 7) is 6.76. The van der Waals surface area contributed by atoms with Crippen molar-refractivity contribution >= 4 is 5.97 Å². The Morgan fingerprint density at radius 1 is 0.848 bits per heavy atom. The summed E-state index contributed by atoms with van der Waals surface area (Å²) in [6.07, 6.45) is 14.8. The van der Waals surface area contributed by atoms with Gasteiger partial charge in [0.1, 0.15) is 5.75 Å². The molecule has 33 heavy (non-hydrogen) atoms. The van der Waals surface area contributed by atoms with Gasteiger partial charge in [-0.1, -0.05) is 89.3 Å². The minimum Gasteiger partial charge on any atom is -0.427 e. The lowest BCUT2D eigenvalue weighted by atomic mass is 9.74. The number of benzene rings is 2. The Labute approximate surface area is 202 Å². The second kappa shape index (κ2) is 13.6. The fourth-order valence-corrected chi connectivity index (χ4v) is 5.35. The Bertz CT molecular complexity index is 813. The molecule has 0 amide bonds. The average Bonchev–Trinajstić information content (AvgIpc) is 2.86. The normalized spacial score (nSPS) is 19.2. The van der Waals surface area contributed by atoms with E-state index >= 15 is 0 Å². The van der Waals surface area contributed by atoms with Crippen LogP contribution in [0.25, 0.3) is 11.1 Å². The first-order chi connectivity index (χ1) is 16.1. The van der Waals surface area contributed by atoms with Crippen LogP contribution in [0.2, 0.25) is 0 Å². The Morgan fingerprint density at radius 3 is 2.03 bits per heavy atom. The first-order valence-electron chi connectivity index (χ1n) is 13.5. The third-order valence-electron chi connectivity index (χ3n) is 7.59. The van der Waals surface area contributed by atoms with Gasteiger partial charge < -0.3 is 4.74 Å². The van der Waals surface area contributed by atoms with Gasteiger partial charge in [-0.25, -0.2) is 0 Å². The highest BCUT2D eigenvalue weighted by Gasteiger charge is 2.24. The summed E-state index contributed by atoms with van der Waals surface area (Å²) < 4.78 is 5.43. The first kappa shape index (κ1) is 25.5. The van der Waals surface area contributed by atoms with Gasteiger partial charge in [-0.2, -0.15) is 0 Å². The Balaban J connectivity index is 1.50. The zero-order valence-corrected chi connectivity index (χ0v) is 21.2. The van der Waals surface area contributed by atoms with Gasteiger partial charge in [0.25, 0.3) is 0 Å². The molecule has 1 atom stereocenters. The first-order valence-corrected chi connectivity index (χ1v) is 13.5. The van der Waals surface area contributed by atoms with E-state index in [4.69, 9.17) is 4.74 Å². The van der Waals surface area contributed by atoms with Crippen LogP contribution in [0.1, 0.15) is 109 Å². The summed E-state index contributed by atoms with van der Waals surface area (Å²) >= 11 is 0. The number of unbranched alkanes of at least 4 members (excludes halogenated alkanes) is 2. The van der Waals surface area contributed by atoms with E-state index in [1.807, 2.05) is 24.3 Å². The van der Waals surface area contributed by atoms with Crippen LogP contribution in [0.5, 0.6) is 5.75 Å². The number of esters is 1. The third kappa shape index (κ3) is 8.02. The van der Waals surface area contributed by atoms with Crippen molar-refractivity contribution in [1.29, 1.82) is 0 Å². The Morgan fingerprint density at radius 2 is 1.45 bits per heavy atom. The molecule has 0 heterocycles. The maximum Gasteiger partial charge on any atom is 0.311 e. The van der Waals surface area contributed by atoms with Gasteiger partial charge in [0, 0.05) is 6.42 Å². The predicted molar refractivity (Wildman–Crippen MR) is 140 cm³/mol. The number of rotatable bonds is 12. The molecule has 0 N–H and O–H groups in total. The van der Waals surface area contributed by atoms with E-state index < -0.39 is 0 Å². The second-order valence-electron chi connectivity index (χ2n) is 10.1. The van der Waals surface area contributed by atoms with Crippen molar-refractivity contribution in [1.82, 2.24) is 0 Å². The van der Waals surface area contributed by atoms with Gasteiger partial charge >= 0.3 is 5.97 Å². The molecule has 1 aliphatic carbocycles. The van der Waals surface area contributed by atoms with Crippen LogP contribution in [0.3, 0.4) is 0 Å². The van der Waals surface area contributed by atoms with Crippen molar-refractivity contribution in [2.24, 2.45) is 11.8 Å². The average molecular weight is 449 g/mol. The van der Waals surface area contributed by atoms with Crippen LogP contribution in [0.15, 0.2) is 48.5 Å². The van der Waals surface area contributed by atoms with Crippen LogP contribution < -0.4 is 4.74 Å². The van der Waals surface area contributed by atoms with E-state index in [2.05, 4.69) is 45.0 Å². The molecule has 0 aliphatic heterocycles. The third-order valence-corrected chi connectivity index (χ3v) is 7.59. The Kier molecular flexibility index (Phi) is 10.5. The zero-order chi connectivity index (χ0) is 23.5. The highest BCUT2D eigenvalue weighted by atomic mass is 16.5. The highest BCUT2D eigenvalue weighted by molar-refractivity contribution is 5.73. The minimum absolute atomic E-state index is 0.144. The standard InChI is InChI=1S/C31H44O2/c1-4-7-9-24(6-3)23-25-11-13-26(14-12-25)27-15-17-28(18-16-27)29-19-21-30(22-20-29)33-31(32)10-8-5-2/h15-22,24-26H,4-14,23H2,1-3H3. The summed E-state index contributed by atoms with van der Waals surface area (Å²) in [6, 6.07) is 17.1. The number of carbonyl (C=O) groups is 1. The molecule has 2 aromatic carbocycles. The lowest BCUT2D eigenvalue weighted by Crippen LogP contribution is -2.16. The van der Waals surface area contributed by atoms with E-state index in [9.17, 15) is 4.79 Å². The molecule has 1 fully saturated rings. The van der Waals surface area contributed by atoms with Gasteiger partial charge in [-0.3, -0.25) is 4.79 Å². The molecular formula is C31H44O2. The van der Waals surface area contributed by atoms with Crippen molar-refractivity contribution in [3.8, 4) is 16.9 Å². The SMILES string of the molecule is CCCCC(=O)Oc1ccc(-c2ccc(C3CCC(CC(CC)CCCC)CC3)cc2)cc1. The summed E-state index contributed by atoms with van der Waals surface area (Å²) in [5.74, 6) is 3.09. The monoisotopic (exact) mass is 448 g/mol. The van der Waals surface area contributed by atoms with E-state index in [0.717, 1.165) is 36.2 Å². The maximum atomic E-state index is 11.8. The fourth-order valence-electron chi connectivity index (χ4n) is 5.35. The minimum atomic E-state index is -0.144. The van der Waals surface area contributed by atoms with E-state index in [1.165, 1.54) is 68.9 Å². The molecule has 0 saturated heterocycles. The molecule has 0 radical (unpaired) electrons. The van der Waals surface area contributed by atoms with Crippen molar-refractivity contribution in [3.63, 3.8) is 0 Å². The molecule has 0 spiro atoms. The van der Waals surface area contributed by atoms with Crippen molar-refractivity contribution < 1.29 is 9.53 Å². The highest BCUT2D eigenvalue weighted by Crippen LogP contribution is 2.39. The zero-order valence-electron chi connectivity index (χ0n) is 21.2. The molecule has 2 heteroatoms. The van der Waals surface area contributed by atoms with Crippen LogP contribution in [-0.2, 0) is 4.79 Å². The molecule has 1 saturated carbocycles. The van der Waals surface area contributed by atoms with Gasteiger partial charge in [0.05, 0.1) is 0 Å². The predicted octanol–water partition coefficient (Wildman–Crippen LogP) is 9.33. The smallest absolute Gasteiger partial charge is 0.311 e. The van der Waals surface area contributed by atoms with Gasteiger partial charge in [0.2, 0.25) is 0 Å². The topological polar surface area (TPSA) is 26.3 Å². The summed E-state index contributed by atoms with van der Waals surface area (Å²) in [7, 11) is 0. The molecule has 3 rings (SSSR count). The summed E-state index contributed by atoms with van der Waals surface area (Å²) in [5.41, 5.74) is 3.88. The number of ether oxygens (including phenoxy) is 1. The molecule has 0 bridgehead atoms. The van der Waals surface area contributed by atoms with Crippen LogP contribution in [0.4, 0.5) is 0 Å². The largest absolute Gasteiger partial charge is 0.427 e. The molecule has 2 aromatic rings. The van der Waals surface area contributed by atoms with E-state index in [-0.39, 0.29) is 5.97 Å². The van der Waals surface area contributed by atoms with E-state index in [1.54, 1.807) is 0 Å². The lowest BCUT2D eigenvalue weighted by molar-refractivity contribution is -0.134. The maximum absolute atomic E-state index is 11.8. The Hall–Kier alpha value is -2.09. The fraction of sp³-hybridized carbons (Fsp3) is 0.581. The molecule has 2 nitrogen and oxygen atoms in total. The van der Waals surface area contributed by atoms with Gasteiger partial charge in [0.15, 0.2) is 0 Å². The summed E-state index contributed by atoms with van der Waals surface area (Å²) in [5, 5.41) is 0. The number of hydrogen-bond donors (Lipinski definition) is 0.